The third-order valence-corrected chi connectivity index (χ3v) is 5.67. The van der Waals surface area contributed by atoms with Crippen LogP contribution in [0.5, 0.6) is 11.5 Å². The normalized spacial score (nSPS) is 20.4. The minimum atomic E-state index is -0.896. The molecule has 0 bridgehead atoms. The molecule has 1 fully saturated rings. The first-order valence-corrected chi connectivity index (χ1v) is 9.50. The lowest BCUT2D eigenvalue weighted by Crippen LogP contribution is -2.34. The van der Waals surface area contributed by atoms with E-state index in [0.29, 0.717) is 18.0 Å². The van der Waals surface area contributed by atoms with E-state index in [0.717, 1.165) is 11.1 Å². The maximum absolute atomic E-state index is 13.4. The quantitative estimate of drug-likeness (QED) is 0.697. The van der Waals surface area contributed by atoms with Gasteiger partial charge in [-0.25, -0.2) is 0 Å². The van der Waals surface area contributed by atoms with Crippen molar-refractivity contribution in [3.63, 3.8) is 0 Å². The van der Waals surface area contributed by atoms with Crippen LogP contribution in [-0.4, -0.2) is 38.1 Å². The summed E-state index contributed by atoms with van der Waals surface area (Å²) in [7, 11) is 4.54. The molecule has 1 amide bonds. The molecule has 154 valence electrons. The van der Waals surface area contributed by atoms with E-state index in [-0.39, 0.29) is 11.9 Å². The van der Waals surface area contributed by atoms with Gasteiger partial charge in [-0.1, -0.05) is 44.2 Å². The van der Waals surface area contributed by atoms with E-state index in [1.807, 2.05) is 42.5 Å². The molecule has 1 aliphatic heterocycles. The fourth-order valence-electron chi connectivity index (χ4n) is 4.11. The summed E-state index contributed by atoms with van der Waals surface area (Å²) in [5.74, 6) is 0.196. The first kappa shape index (κ1) is 20.7. The Bertz CT molecular complexity index is 893. The predicted octanol–water partition coefficient (Wildman–Crippen LogP) is 3.60. The zero-order valence-electron chi connectivity index (χ0n) is 17.5. The van der Waals surface area contributed by atoms with Crippen LogP contribution in [0.2, 0.25) is 0 Å². The van der Waals surface area contributed by atoms with Gasteiger partial charge in [0.05, 0.1) is 38.7 Å². The Morgan fingerprint density at radius 1 is 1.03 bits per heavy atom. The number of likely N-dealkylation sites (tertiary alicyclic amines) is 1. The molecule has 6 heteroatoms. The molecule has 0 aromatic heterocycles. The number of carbonyl (C=O) groups is 2. The average molecular weight is 397 g/mol. The predicted molar refractivity (Wildman–Crippen MR) is 109 cm³/mol. The Hall–Kier alpha value is -3.02. The van der Waals surface area contributed by atoms with Gasteiger partial charge in [-0.05, 0) is 17.7 Å². The number of ether oxygens (including phenoxy) is 3. The molecule has 2 aromatic carbocycles. The average Bonchev–Trinajstić information content (AvgIpc) is 2.94. The Kier molecular flexibility index (Phi) is 5.82. The highest BCUT2D eigenvalue weighted by molar-refractivity contribution is 5.93. The van der Waals surface area contributed by atoms with Crippen molar-refractivity contribution in [2.24, 2.45) is 11.3 Å². The molecule has 0 aliphatic carbocycles. The highest BCUT2D eigenvalue weighted by atomic mass is 16.5. The summed E-state index contributed by atoms with van der Waals surface area (Å²) in [4.78, 5) is 27.9. The molecule has 29 heavy (non-hydrogen) atoms. The number of nitrogens with zero attached hydrogens (tertiary/aromatic N) is 1. The van der Waals surface area contributed by atoms with Gasteiger partial charge >= 0.3 is 5.97 Å². The van der Waals surface area contributed by atoms with E-state index in [1.54, 1.807) is 39.0 Å². The molecule has 3 rings (SSSR count). The number of rotatable bonds is 6. The lowest BCUT2D eigenvalue weighted by molar-refractivity contribution is -0.151. The van der Waals surface area contributed by atoms with Gasteiger partial charge in [0.15, 0.2) is 0 Å². The zero-order valence-corrected chi connectivity index (χ0v) is 17.5. The number of benzene rings is 2. The largest absolute Gasteiger partial charge is 0.497 e. The van der Waals surface area contributed by atoms with E-state index in [2.05, 4.69) is 0 Å². The number of amides is 1. The molecular weight excluding hydrogens is 370 g/mol. The maximum atomic E-state index is 13.4. The van der Waals surface area contributed by atoms with Crippen LogP contribution < -0.4 is 9.47 Å². The third kappa shape index (κ3) is 3.67. The Morgan fingerprint density at radius 2 is 1.72 bits per heavy atom. The first-order valence-electron chi connectivity index (χ1n) is 9.50. The molecule has 1 saturated heterocycles. The summed E-state index contributed by atoms with van der Waals surface area (Å²) in [5, 5.41) is 0. The Balaban J connectivity index is 2.08. The number of esters is 1. The second kappa shape index (κ2) is 8.15. The Morgan fingerprint density at radius 3 is 2.31 bits per heavy atom. The minimum absolute atomic E-state index is 0.0976. The van der Waals surface area contributed by atoms with Gasteiger partial charge in [0, 0.05) is 18.2 Å². The van der Waals surface area contributed by atoms with Gasteiger partial charge in [-0.3, -0.25) is 9.59 Å². The lowest BCUT2D eigenvalue weighted by atomic mass is 9.76. The van der Waals surface area contributed by atoms with Crippen molar-refractivity contribution in [2.45, 2.75) is 26.4 Å². The Labute approximate surface area is 171 Å². The lowest BCUT2D eigenvalue weighted by Gasteiger charge is -2.28. The van der Waals surface area contributed by atoms with E-state index >= 15 is 0 Å². The van der Waals surface area contributed by atoms with Gasteiger partial charge in [0.1, 0.15) is 11.5 Å². The van der Waals surface area contributed by atoms with Crippen LogP contribution in [0.4, 0.5) is 0 Å². The van der Waals surface area contributed by atoms with Gasteiger partial charge in [-0.15, -0.1) is 0 Å². The van der Waals surface area contributed by atoms with Crippen molar-refractivity contribution in [3.05, 3.63) is 59.7 Å². The number of hydrogen-bond donors (Lipinski definition) is 0. The second-order valence-corrected chi connectivity index (χ2v) is 7.69. The highest BCUT2D eigenvalue weighted by Gasteiger charge is 2.57. The van der Waals surface area contributed by atoms with E-state index in [9.17, 15) is 9.59 Å². The van der Waals surface area contributed by atoms with Crippen molar-refractivity contribution in [3.8, 4) is 11.5 Å². The molecule has 1 heterocycles. The van der Waals surface area contributed by atoms with Crippen LogP contribution in [0, 0.1) is 11.3 Å². The van der Waals surface area contributed by atoms with Gasteiger partial charge in [-0.2, -0.15) is 0 Å². The summed E-state index contributed by atoms with van der Waals surface area (Å²) in [6.07, 6.45) is 0. The SMILES string of the molecule is COC(=O)C1C(c2ccccc2)N(Cc2ccc(OC)cc2OC)C(=O)C1(C)C. The molecular formula is C23H27NO5. The van der Waals surface area contributed by atoms with Crippen molar-refractivity contribution in [1.29, 1.82) is 0 Å². The number of methoxy groups -OCH3 is 3. The van der Waals surface area contributed by atoms with E-state index in [4.69, 9.17) is 14.2 Å². The van der Waals surface area contributed by atoms with Crippen LogP contribution >= 0.6 is 0 Å². The highest BCUT2D eigenvalue weighted by Crippen LogP contribution is 2.50. The topological polar surface area (TPSA) is 65.1 Å². The van der Waals surface area contributed by atoms with Crippen molar-refractivity contribution in [1.82, 2.24) is 4.90 Å². The molecule has 6 nitrogen and oxygen atoms in total. The van der Waals surface area contributed by atoms with Crippen LogP contribution in [0.3, 0.4) is 0 Å². The van der Waals surface area contributed by atoms with Crippen LogP contribution in [-0.2, 0) is 20.9 Å². The summed E-state index contributed by atoms with van der Waals surface area (Å²) >= 11 is 0. The first-order chi connectivity index (χ1) is 13.8. The van der Waals surface area contributed by atoms with Gasteiger partial charge < -0.3 is 19.1 Å². The molecule has 0 saturated carbocycles. The third-order valence-electron chi connectivity index (χ3n) is 5.67. The summed E-state index contributed by atoms with van der Waals surface area (Å²) in [6.45, 7) is 3.92. The fraction of sp³-hybridized carbons (Fsp3) is 0.391. The molecule has 0 spiro atoms. The molecule has 1 aliphatic rings. The fourth-order valence-corrected chi connectivity index (χ4v) is 4.11. The monoisotopic (exact) mass is 397 g/mol. The molecule has 2 unspecified atom stereocenters. The van der Waals surface area contributed by atoms with E-state index in [1.165, 1.54) is 7.11 Å². The summed E-state index contributed by atoms with van der Waals surface area (Å²) < 4.78 is 15.9. The number of hydrogen-bond acceptors (Lipinski definition) is 5. The maximum Gasteiger partial charge on any atom is 0.312 e. The zero-order chi connectivity index (χ0) is 21.2. The van der Waals surface area contributed by atoms with Gasteiger partial charge in [0.25, 0.3) is 0 Å². The molecule has 2 atom stereocenters. The summed E-state index contributed by atoms with van der Waals surface area (Å²) in [6, 6.07) is 14.7. The number of carbonyl (C=O) groups excluding carboxylic acids is 2. The van der Waals surface area contributed by atoms with Crippen molar-refractivity contribution in [2.75, 3.05) is 21.3 Å². The summed E-state index contributed by atoms with van der Waals surface area (Å²) in [5.41, 5.74) is 0.839. The van der Waals surface area contributed by atoms with E-state index < -0.39 is 17.4 Å². The smallest absolute Gasteiger partial charge is 0.312 e. The van der Waals surface area contributed by atoms with Crippen LogP contribution in [0.15, 0.2) is 48.5 Å². The standard InChI is InChI=1S/C23H27NO5/c1-23(2)19(21(25)29-5)20(15-9-7-6-8-10-15)24(22(23)26)14-16-11-12-17(27-3)13-18(16)28-4/h6-13,19-20H,14H2,1-5H3. The molecule has 0 N–H and O–H groups in total. The molecule has 2 aromatic rings. The van der Waals surface area contributed by atoms with Crippen molar-refractivity contribution < 1.29 is 23.8 Å². The minimum Gasteiger partial charge on any atom is -0.497 e. The van der Waals surface area contributed by atoms with Crippen LogP contribution in [0.1, 0.15) is 31.0 Å². The van der Waals surface area contributed by atoms with Gasteiger partial charge in [0.2, 0.25) is 5.91 Å². The van der Waals surface area contributed by atoms with Crippen molar-refractivity contribution >= 4 is 11.9 Å². The molecule has 0 radical (unpaired) electrons. The van der Waals surface area contributed by atoms with Crippen LogP contribution in [0.25, 0.3) is 0 Å². The second-order valence-electron chi connectivity index (χ2n) is 7.69.